The number of ether oxygens (including phenoxy) is 2. The highest BCUT2D eigenvalue weighted by Crippen LogP contribution is 2.13. The molecule has 0 amide bonds. The molecule has 0 aromatic carbocycles. The molecule has 112 valence electrons. The number of nitriles is 1. The molecule has 0 aliphatic rings. The molecule has 2 unspecified atom stereocenters. The van der Waals surface area contributed by atoms with Crippen LogP contribution in [0, 0.1) is 11.3 Å². The molecule has 0 aliphatic heterocycles. The highest BCUT2D eigenvalue weighted by Gasteiger charge is 2.25. The van der Waals surface area contributed by atoms with E-state index in [9.17, 15) is 5.26 Å². The zero-order chi connectivity index (χ0) is 14.6. The highest BCUT2D eigenvalue weighted by atomic mass is 16.5. The fourth-order valence-corrected chi connectivity index (χ4v) is 1.85. The van der Waals surface area contributed by atoms with Gasteiger partial charge in [0, 0.05) is 13.0 Å². The molecule has 4 nitrogen and oxygen atoms in total. The molecule has 0 aromatic heterocycles. The van der Waals surface area contributed by atoms with Gasteiger partial charge in [-0.1, -0.05) is 20.3 Å². The van der Waals surface area contributed by atoms with Gasteiger partial charge in [-0.15, -0.1) is 0 Å². The van der Waals surface area contributed by atoms with Gasteiger partial charge in [0.05, 0.1) is 25.4 Å². The molecule has 0 aromatic rings. The average molecular weight is 270 g/mol. The van der Waals surface area contributed by atoms with Gasteiger partial charge < -0.3 is 9.47 Å². The number of hydrogen-bond acceptors (Lipinski definition) is 4. The van der Waals surface area contributed by atoms with Crippen molar-refractivity contribution < 1.29 is 9.47 Å². The van der Waals surface area contributed by atoms with Crippen molar-refractivity contribution in [2.75, 3.05) is 26.4 Å². The molecular formula is C15H30N2O2. The Hall–Kier alpha value is -0.630. The van der Waals surface area contributed by atoms with E-state index in [-0.39, 0.29) is 6.10 Å². The number of rotatable bonds is 12. The molecular weight excluding hydrogens is 240 g/mol. The highest BCUT2D eigenvalue weighted by molar-refractivity contribution is 5.04. The second-order valence-corrected chi connectivity index (χ2v) is 5.22. The summed E-state index contributed by atoms with van der Waals surface area (Å²) in [7, 11) is 0. The van der Waals surface area contributed by atoms with E-state index in [4.69, 9.17) is 9.47 Å². The maximum atomic E-state index is 9.24. The van der Waals surface area contributed by atoms with Crippen LogP contribution in [0.2, 0.25) is 0 Å². The van der Waals surface area contributed by atoms with Crippen LogP contribution in [-0.2, 0) is 9.47 Å². The Balaban J connectivity index is 3.76. The number of unbranched alkanes of at least 4 members (excludes halogenated alkanes) is 1. The lowest BCUT2D eigenvalue weighted by molar-refractivity contribution is 0.00206. The van der Waals surface area contributed by atoms with Crippen LogP contribution in [0.4, 0.5) is 0 Å². The van der Waals surface area contributed by atoms with Gasteiger partial charge in [0.15, 0.2) is 0 Å². The van der Waals surface area contributed by atoms with Crippen molar-refractivity contribution in [1.82, 2.24) is 5.32 Å². The summed E-state index contributed by atoms with van der Waals surface area (Å²) >= 11 is 0. The van der Waals surface area contributed by atoms with Crippen LogP contribution < -0.4 is 5.32 Å². The molecule has 0 heterocycles. The molecule has 0 saturated heterocycles. The number of nitrogens with one attached hydrogen (secondary N) is 1. The van der Waals surface area contributed by atoms with Gasteiger partial charge in [-0.25, -0.2) is 0 Å². The number of hydrogen-bond donors (Lipinski definition) is 1. The van der Waals surface area contributed by atoms with Crippen molar-refractivity contribution >= 4 is 0 Å². The molecule has 0 radical (unpaired) electrons. The lowest BCUT2D eigenvalue weighted by atomic mass is 9.96. The van der Waals surface area contributed by atoms with E-state index in [2.05, 4.69) is 25.2 Å². The van der Waals surface area contributed by atoms with E-state index < -0.39 is 5.54 Å². The molecule has 19 heavy (non-hydrogen) atoms. The van der Waals surface area contributed by atoms with E-state index in [1.165, 1.54) is 0 Å². The van der Waals surface area contributed by atoms with E-state index in [0.29, 0.717) is 19.6 Å². The monoisotopic (exact) mass is 270 g/mol. The second-order valence-electron chi connectivity index (χ2n) is 5.22. The molecule has 0 bridgehead atoms. The predicted molar refractivity (Wildman–Crippen MR) is 78.1 cm³/mol. The molecule has 0 aliphatic carbocycles. The zero-order valence-electron chi connectivity index (χ0n) is 13.0. The quantitative estimate of drug-likeness (QED) is 0.554. The van der Waals surface area contributed by atoms with Gasteiger partial charge in [-0.05, 0) is 33.2 Å². The summed E-state index contributed by atoms with van der Waals surface area (Å²) in [6.07, 6.45) is 4.03. The van der Waals surface area contributed by atoms with Crippen LogP contribution in [0.5, 0.6) is 0 Å². The summed E-state index contributed by atoms with van der Waals surface area (Å²) in [5.41, 5.74) is -0.501. The Morgan fingerprint density at radius 3 is 2.53 bits per heavy atom. The van der Waals surface area contributed by atoms with Crippen molar-refractivity contribution in [3.8, 4) is 6.07 Å². The van der Waals surface area contributed by atoms with Crippen LogP contribution >= 0.6 is 0 Å². The van der Waals surface area contributed by atoms with Gasteiger partial charge in [0.25, 0.3) is 0 Å². The van der Waals surface area contributed by atoms with Crippen LogP contribution in [0.25, 0.3) is 0 Å². The third-order valence-corrected chi connectivity index (χ3v) is 2.98. The summed E-state index contributed by atoms with van der Waals surface area (Å²) in [4.78, 5) is 0. The lowest BCUT2D eigenvalue weighted by Crippen LogP contribution is -2.44. The Morgan fingerprint density at radius 2 is 1.95 bits per heavy atom. The smallest absolute Gasteiger partial charge is 0.106 e. The Labute approximate surface area is 118 Å². The zero-order valence-corrected chi connectivity index (χ0v) is 13.0. The Morgan fingerprint density at radius 1 is 1.21 bits per heavy atom. The topological polar surface area (TPSA) is 54.3 Å². The first kappa shape index (κ1) is 18.4. The van der Waals surface area contributed by atoms with Crippen LogP contribution in [0.1, 0.15) is 53.4 Å². The Bertz CT molecular complexity index is 253. The summed E-state index contributed by atoms with van der Waals surface area (Å²) in [6.45, 7) is 11.1. The minimum absolute atomic E-state index is 0.0591. The molecule has 0 spiro atoms. The normalized spacial score (nSPS) is 15.7. The average Bonchev–Trinajstić information content (AvgIpc) is 2.40. The van der Waals surface area contributed by atoms with Crippen molar-refractivity contribution in [2.24, 2.45) is 0 Å². The van der Waals surface area contributed by atoms with E-state index in [1.807, 2.05) is 13.8 Å². The van der Waals surface area contributed by atoms with Crippen LogP contribution in [0.3, 0.4) is 0 Å². The summed E-state index contributed by atoms with van der Waals surface area (Å²) in [5, 5.41) is 12.5. The maximum Gasteiger partial charge on any atom is 0.106 e. The van der Waals surface area contributed by atoms with Crippen molar-refractivity contribution in [3.05, 3.63) is 0 Å². The first-order valence-corrected chi connectivity index (χ1v) is 7.43. The largest absolute Gasteiger partial charge is 0.379 e. The maximum absolute atomic E-state index is 9.24. The third-order valence-electron chi connectivity index (χ3n) is 2.98. The number of nitrogens with zero attached hydrogens (tertiary/aromatic N) is 1. The second kappa shape index (κ2) is 11.2. The molecule has 4 heteroatoms. The first-order valence-electron chi connectivity index (χ1n) is 7.43. The molecule has 0 rings (SSSR count). The van der Waals surface area contributed by atoms with Crippen molar-refractivity contribution in [3.63, 3.8) is 0 Å². The third kappa shape index (κ3) is 9.89. The van der Waals surface area contributed by atoms with Gasteiger partial charge in [0.1, 0.15) is 5.54 Å². The molecule has 0 fully saturated rings. The summed E-state index contributed by atoms with van der Waals surface area (Å²) in [6, 6.07) is 2.34. The predicted octanol–water partition coefficient (Wildman–Crippen LogP) is 2.88. The minimum Gasteiger partial charge on any atom is -0.379 e. The van der Waals surface area contributed by atoms with Gasteiger partial charge in [0.2, 0.25) is 0 Å². The van der Waals surface area contributed by atoms with E-state index in [1.54, 1.807) is 0 Å². The minimum atomic E-state index is -0.501. The molecule has 2 atom stereocenters. The van der Waals surface area contributed by atoms with Crippen molar-refractivity contribution in [1.29, 1.82) is 5.26 Å². The van der Waals surface area contributed by atoms with Crippen molar-refractivity contribution in [2.45, 2.75) is 65.0 Å². The SMILES string of the molecule is CCCCOCCOC(C)CC(C)(C#N)NCCC. The van der Waals surface area contributed by atoms with Crippen LogP contribution in [-0.4, -0.2) is 38.0 Å². The standard InChI is InChI=1S/C15H30N2O2/c1-5-7-9-18-10-11-19-14(3)12-15(4,13-16)17-8-6-2/h14,17H,5-12H2,1-4H3. The molecule has 0 saturated carbocycles. The van der Waals surface area contributed by atoms with Gasteiger partial charge >= 0.3 is 0 Å². The summed E-state index contributed by atoms with van der Waals surface area (Å²) in [5.74, 6) is 0. The lowest BCUT2D eigenvalue weighted by Gasteiger charge is -2.26. The van der Waals surface area contributed by atoms with Gasteiger partial charge in [-0.3, -0.25) is 5.32 Å². The van der Waals surface area contributed by atoms with E-state index >= 15 is 0 Å². The summed E-state index contributed by atoms with van der Waals surface area (Å²) < 4.78 is 11.1. The fraction of sp³-hybridized carbons (Fsp3) is 0.933. The van der Waals surface area contributed by atoms with E-state index in [0.717, 1.165) is 32.4 Å². The fourth-order valence-electron chi connectivity index (χ4n) is 1.85. The van der Waals surface area contributed by atoms with Gasteiger partial charge in [-0.2, -0.15) is 5.26 Å². The first-order chi connectivity index (χ1) is 9.08. The Kier molecular flexibility index (Phi) is 10.8. The molecule has 1 N–H and O–H groups in total. The van der Waals surface area contributed by atoms with Crippen LogP contribution in [0.15, 0.2) is 0 Å².